The monoisotopic (exact) mass is 228 g/mol. The van der Waals surface area contributed by atoms with Gasteiger partial charge in [0.05, 0.1) is 0 Å². The van der Waals surface area contributed by atoms with Crippen LogP contribution in [0.4, 0.5) is 0 Å². The van der Waals surface area contributed by atoms with E-state index in [0.29, 0.717) is 6.42 Å². The van der Waals surface area contributed by atoms with Crippen LogP contribution in [-0.2, 0) is 0 Å². The van der Waals surface area contributed by atoms with Crippen LogP contribution >= 0.6 is 0 Å². The van der Waals surface area contributed by atoms with E-state index in [4.69, 9.17) is 0 Å². The molecule has 1 unspecified atom stereocenters. The van der Waals surface area contributed by atoms with Crippen LogP contribution in [-0.4, -0.2) is 5.78 Å². The van der Waals surface area contributed by atoms with Gasteiger partial charge in [-0.2, -0.15) is 0 Å². The summed E-state index contributed by atoms with van der Waals surface area (Å²) in [7, 11) is 0. The minimum absolute atomic E-state index is 0.289. The highest BCUT2D eigenvalue weighted by Crippen LogP contribution is 2.23. The third-order valence-electron chi connectivity index (χ3n) is 3.49. The van der Waals surface area contributed by atoms with Crippen LogP contribution in [0.25, 0.3) is 0 Å². The Morgan fingerprint density at radius 1 is 1.18 bits per heavy atom. The first kappa shape index (κ1) is 12.1. The van der Waals surface area contributed by atoms with Crippen molar-refractivity contribution in [3.63, 3.8) is 0 Å². The Labute approximate surface area is 104 Å². The van der Waals surface area contributed by atoms with Crippen molar-refractivity contribution in [3.05, 3.63) is 48.0 Å². The Balaban J connectivity index is 1.72. The van der Waals surface area contributed by atoms with Crippen LogP contribution in [0.1, 0.15) is 48.9 Å². The van der Waals surface area contributed by atoms with E-state index >= 15 is 0 Å². The van der Waals surface area contributed by atoms with Crippen LogP contribution in [0, 0.1) is 5.92 Å². The van der Waals surface area contributed by atoms with Gasteiger partial charge >= 0.3 is 0 Å². The van der Waals surface area contributed by atoms with Gasteiger partial charge in [0.15, 0.2) is 5.78 Å². The predicted octanol–water partition coefficient (Wildman–Crippen LogP) is 4.40. The summed E-state index contributed by atoms with van der Waals surface area (Å²) in [5.41, 5.74) is 0.857. The molecule has 1 aliphatic carbocycles. The Morgan fingerprint density at radius 3 is 2.71 bits per heavy atom. The molecule has 0 amide bonds. The van der Waals surface area contributed by atoms with Crippen molar-refractivity contribution >= 4 is 5.78 Å². The lowest BCUT2D eigenvalue weighted by atomic mass is 9.89. The van der Waals surface area contributed by atoms with Crippen molar-refractivity contribution in [1.82, 2.24) is 0 Å². The highest BCUT2D eigenvalue weighted by molar-refractivity contribution is 5.95. The normalized spacial score (nSPS) is 19.2. The average Bonchev–Trinajstić information content (AvgIpc) is 2.41. The molecule has 0 aliphatic heterocycles. The Morgan fingerprint density at radius 2 is 2.00 bits per heavy atom. The van der Waals surface area contributed by atoms with Crippen molar-refractivity contribution in [2.75, 3.05) is 0 Å². The van der Waals surface area contributed by atoms with Gasteiger partial charge in [0.25, 0.3) is 0 Å². The number of hydrogen-bond acceptors (Lipinski definition) is 1. The van der Waals surface area contributed by atoms with Gasteiger partial charge in [-0.05, 0) is 38.0 Å². The van der Waals surface area contributed by atoms with E-state index in [-0.39, 0.29) is 5.78 Å². The molecule has 0 radical (unpaired) electrons. The van der Waals surface area contributed by atoms with Crippen LogP contribution in [0.5, 0.6) is 0 Å². The molecule has 0 saturated carbocycles. The zero-order valence-corrected chi connectivity index (χ0v) is 10.3. The van der Waals surface area contributed by atoms with Crippen molar-refractivity contribution in [1.29, 1.82) is 0 Å². The first-order chi connectivity index (χ1) is 8.36. The minimum atomic E-state index is 0.289. The molecule has 0 spiro atoms. The number of carbonyl (C=O) groups excluding carboxylic acids is 1. The highest BCUT2D eigenvalue weighted by atomic mass is 16.1. The summed E-state index contributed by atoms with van der Waals surface area (Å²) in [5.74, 6) is 1.10. The zero-order valence-electron chi connectivity index (χ0n) is 10.3. The molecular formula is C16H20O. The van der Waals surface area contributed by atoms with Crippen LogP contribution in [0.3, 0.4) is 0 Å². The van der Waals surface area contributed by atoms with Crippen molar-refractivity contribution in [2.45, 2.75) is 38.5 Å². The number of hydrogen-bond donors (Lipinski definition) is 0. The Hall–Kier alpha value is -1.37. The highest BCUT2D eigenvalue weighted by Gasteiger charge is 2.11. The smallest absolute Gasteiger partial charge is 0.162 e. The predicted molar refractivity (Wildman–Crippen MR) is 71.1 cm³/mol. The molecule has 1 nitrogen and oxygen atoms in total. The van der Waals surface area contributed by atoms with Crippen LogP contribution in [0.2, 0.25) is 0 Å². The van der Waals surface area contributed by atoms with Gasteiger partial charge in [0, 0.05) is 12.0 Å². The molecule has 1 aliphatic rings. The molecule has 0 saturated heterocycles. The lowest BCUT2D eigenvalue weighted by Crippen LogP contribution is -2.04. The Kier molecular flexibility index (Phi) is 4.54. The van der Waals surface area contributed by atoms with Crippen LogP contribution < -0.4 is 0 Å². The van der Waals surface area contributed by atoms with Crippen molar-refractivity contribution in [3.8, 4) is 0 Å². The van der Waals surface area contributed by atoms with E-state index in [0.717, 1.165) is 17.9 Å². The standard InChI is InChI=1S/C16H20O/c17-16(15-11-5-2-6-12-15)13-7-10-14-8-3-1-4-9-14/h1-3,5-6,11-12,14H,4,7-10,13H2. The fourth-order valence-corrected chi connectivity index (χ4v) is 2.44. The average molecular weight is 228 g/mol. The Bertz CT molecular complexity index is 378. The van der Waals surface area contributed by atoms with Crippen LogP contribution in [0.15, 0.2) is 42.5 Å². The van der Waals surface area contributed by atoms with Gasteiger partial charge in [-0.3, -0.25) is 4.79 Å². The topological polar surface area (TPSA) is 17.1 Å². The summed E-state index contributed by atoms with van der Waals surface area (Å²) in [6.45, 7) is 0. The second kappa shape index (κ2) is 6.39. The first-order valence-corrected chi connectivity index (χ1v) is 6.59. The van der Waals surface area contributed by atoms with Gasteiger partial charge in [-0.1, -0.05) is 42.5 Å². The fraction of sp³-hybridized carbons (Fsp3) is 0.438. The molecule has 1 heteroatoms. The number of Topliss-reactive ketones (excluding diaryl/α,β-unsaturated/α-hetero) is 1. The molecule has 0 bridgehead atoms. The second-order valence-corrected chi connectivity index (χ2v) is 4.83. The quantitative estimate of drug-likeness (QED) is 0.539. The van der Waals surface area contributed by atoms with Gasteiger partial charge in [0.2, 0.25) is 0 Å². The number of allylic oxidation sites excluding steroid dienone is 2. The molecule has 0 fully saturated rings. The summed E-state index contributed by atoms with van der Waals surface area (Å²) in [4.78, 5) is 11.9. The number of rotatable bonds is 5. The van der Waals surface area contributed by atoms with Crippen molar-refractivity contribution < 1.29 is 4.79 Å². The molecule has 0 heterocycles. The van der Waals surface area contributed by atoms with Gasteiger partial charge in [-0.15, -0.1) is 0 Å². The molecule has 1 aromatic carbocycles. The van der Waals surface area contributed by atoms with E-state index < -0.39 is 0 Å². The third-order valence-corrected chi connectivity index (χ3v) is 3.49. The summed E-state index contributed by atoms with van der Waals surface area (Å²) >= 11 is 0. The van der Waals surface area contributed by atoms with Gasteiger partial charge < -0.3 is 0 Å². The molecule has 0 N–H and O–H groups in total. The molecular weight excluding hydrogens is 208 g/mol. The first-order valence-electron chi connectivity index (χ1n) is 6.59. The maximum Gasteiger partial charge on any atom is 0.162 e. The summed E-state index contributed by atoms with van der Waals surface area (Å²) in [6, 6.07) is 9.63. The van der Waals surface area contributed by atoms with E-state index in [1.54, 1.807) is 0 Å². The molecule has 90 valence electrons. The van der Waals surface area contributed by atoms with Gasteiger partial charge in [-0.25, -0.2) is 0 Å². The lowest BCUT2D eigenvalue weighted by Gasteiger charge is -2.16. The molecule has 0 aromatic heterocycles. The van der Waals surface area contributed by atoms with E-state index in [2.05, 4.69) is 12.2 Å². The largest absolute Gasteiger partial charge is 0.294 e. The van der Waals surface area contributed by atoms with E-state index in [9.17, 15) is 4.79 Å². The molecule has 1 aromatic rings. The molecule has 1 atom stereocenters. The maximum atomic E-state index is 11.9. The van der Waals surface area contributed by atoms with E-state index in [1.165, 1.54) is 25.7 Å². The minimum Gasteiger partial charge on any atom is -0.294 e. The van der Waals surface area contributed by atoms with Crippen molar-refractivity contribution in [2.24, 2.45) is 5.92 Å². The zero-order chi connectivity index (χ0) is 11.9. The van der Waals surface area contributed by atoms with Gasteiger partial charge in [0.1, 0.15) is 0 Å². The summed E-state index contributed by atoms with van der Waals surface area (Å²) in [6.07, 6.45) is 11.2. The summed E-state index contributed by atoms with van der Waals surface area (Å²) < 4.78 is 0. The lowest BCUT2D eigenvalue weighted by molar-refractivity contribution is 0.0977. The SMILES string of the molecule is O=C(CCCC1CC=CCC1)c1ccccc1. The number of ketones is 1. The maximum absolute atomic E-state index is 11.9. The second-order valence-electron chi connectivity index (χ2n) is 4.83. The van der Waals surface area contributed by atoms with E-state index in [1.807, 2.05) is 30.3 Å². The molecule has 17 heavy (non-hydrogen) atoms. The number of benzene rings is 1. The fourth-order valence-electron chi connectivity index (χ4n) is 2.44. The summed E-state index contributed by atoms with van der Waals surface area (Å²) in [5, 5.41) is 0. The number of carbonyl (C=O) groups is 1. The molecule has 2 rings (SSSR count). The third kappa shape index (κ3) is 3.85.